The van der Waals surface area contributed by atoms with E-state index in [2.05, 4.69) is 36.1 Å². The zero-order chi connectivity index (χ0) is 16.9. The summed E-state index contributed by atoms with van der Waals surface area (Å²) >= 11 is 3.39. The molecule has 0 atom stereocenters. The third-order valence-corrected chi connectivity index (χ3v) is 4.43. The maximum atomic E-state index is 12.3. The first-order valence-corrected chi connectivity index (χ1v) is 8.63. The Labute approximate surface area is 149 Å². The molecule has 2 heterocycles. The predicted molar refractivity (Wildman–Crippen MR) is 95.1 cm³/mol. The Balaban J connectivity index is 1.70. The quantitative estimate of drug-likeness (QED) is 0.867. The predicted octanol–water partition coefficient (Wildman–Crippen LogP) is 2.31. The van der Waals surface area contributed by atoms with Crippen molar-refractivity contribution in [3.63, 3.8) is 0 Å². The number of amides is 1. The van der Waals surface area contributed by atoms with Gasteiger partial charge in [-0.1, -0.05) is 12.1 Å². The summed E-state index contributed by atoms with van der Waals surface area (Å²) in [5.41, 5.74) is 2.29. The molecule has 0 saturated carbocycles. The lowest BCUT2D eigenvalue weighted by Gasteiger charge is -2.27. The fraction of sp³-hybridized carbons (Fsp3) is 0.353. The zero-order valence-corrected chi connectivity index (χ0v) is 15.0. The van der Waals surface area contributed by atoms with Crippen LogP contribution >= 0.6 is 15.9 Å². The van der Waals surface area contributed by atoms with E-state index in [1.165, 1.54) is 0 Å². The van der Waals surface area contributed by atoms with Crippen molar-refractivity contribution in [2.75, 3.05) is 31.2 Å². The molecule has 0 bridgehead atoms. The third-order valence-electron chi connectivity index (χ3n) is 3.74. The van der Waals surface area contributed by atoms with Gasteiger partial charge in [-0.2, -0.15) is 0 Å². The number of anilines is 1. The van der Waals surface area contributed by atoms with Crippen LogP contribution in [0.1, 0.15) is 21.7 Å². The maximum absolute atomic E-state index is 12.3. The Bertz CT molecular complexity index is 732. The van der Waals surface area contributed by atoms with Crippen molar-refractivity contribution in [1.29, 1.82) is 0 Å². The molecule has 3 rings (SSSR count). The lowest BCUT2D eigenvalue weighted by Crippen LogP contribution is -2.37. The van der Waals surface area contributed by atoms with E-state index in [1.807, 2.05) is 31.2 Å². The zero-order valence-electron chi connectivity index (χ0n) is 13.5. The fourth-order valence-electron chi connectivity index (χ4n) is 2.52. The number of aryl methyl sites for hydroxylation is 1. The van der Waals surface area contributed by atoms with Crippen molar-refractivity contribution < 1.29 is 9.53 Å². The molecule has 1 amide bonds. The first kappa shape index (κ1) is 16.9. The third kappa shape index (κ3) is 4.10. The first-order chi connectivity index (χ1) is 11.6. The van der Waals surface area contributed by atoms with Gasteiger partial charge in [0, 0.05) is 23.3 Å². The molecular formula is C17H19BrN4O2. The van der Waals surface area contributed by atoms with Gasteiger partial charge in [0.25, 0.3) is 5.91 Å². The van der Waals surface area contributed by atoms with Crippen molar-refractivity contribution in [3.8, 4) is 0 Å². The second-order valence-corrected chi connectivity index (χ2v) is 6.42. The number of rotatable bonds is 4. The van der Waals surface area contributed by atoms with Crippen LogP contribution in [-0.2, 0) is 11.3 Å². The van der Waals surface area contributed by atoms with Gasteiger partial charge in [0.15, 0.2) is 0 Å². The van der Waals surface area contributed by atoms with E-state index in [-0.39, 0.29) is 5.91 Å². The van der Waals surface area contributed by atoms with Crippen molar-refractivity contribution in [3.05, 3.63) is 51.8 Å². The van der Waals surface area contributed by atoms with Gasteiger partial charge in [-0.25, -0.2) is 9.97 Å². The summed E-state index contributed by atoms with van der Waals surface area (Å²) in [6.07, 6.45) is 0. The number of carbonyl (C=O) groups is 1. The lowest BCUT2D eigenvalue weighted by molar-refractivity contribution is 0.0949. The van der Waals surface area contributed by atoms with Gasteiger partial charge in [0.05, 0.1) is 31.0 Å². The molecule has 1 aromatic carbocycles. The molecule has 7 heteroatoms. The normalized spacial score (nSPS) is 14.5. The topological polar surface area (TPSA) is 67.4 Å². The van der Waals surface area contributed by atoms with Crippen LogP contribution < -0.4 is 10.2 Å². The Morgan fingerprint density at radius 1 is 1.29 bits per heavy atom. The summed E-state index contributed by atoms with van der Waals surface area (Å²) in [5, 5.41) is 2.91. The second-order valence-electron chi connectivity index (χ2n) is 5.56. The Morgan fingerprint density at radius 3 is 2.79 bits per heavy atom. The van der Waals surface area contributed by atoms with Crippen LogP contribution in [0.3, 0.4) is 0 Å². The molecule has 1 N–H and O–H groups in total. The molecular weight excluding hydrogens is 372 g/mol. The molecule has 0 radical (unpaired) electrons. The number of carbonyl (C=O) groups excluding carboxylic acids is 1. The minimum Gasteiger partial charge on any atom is -0.378 e. The summed E-state index contributed by atoms with van der Waals surface area (Å²) in [6, 6.07) is 9.24. The molecule has 1 aliphatic rings. The van der Waals surface area contributed by atoms with Crippen molar-refractivity contribution in [2.45, 2.75) is 13.5 Å². The average molecular weight is 391 g/mol. The number of halogens is 1. The highest BCUT2D eigenvalue weighted by Crippen LogP contribution is 2.16. The van der Waals surface area contributed by atoms with Gasteiger partial charge in [-0.05, 0) is 41.1 Å². The van der Waals surface area contributed by atoms with E-state index in [9.17, 15) is 4.79 Å². The van der Waals surface area contributed by atoms with Crippen LogP contribution in [0.4, 0.5) is 5.95 Å². The summed E-state index contributed by atoms with van der Waals surface area (Å²) in [4.78, 5) is 23.5. The Kier molecular flexibility index (Phi) is 5.42. The summed E-state index contributed by atoms with van der Waals surface area (Å²) in [6.45, 7) is 5.24. The first-order valence-electron chi connectivity index (χ1n) is 7.83. The molecule has 24 heavy (non-hydrogen) atoms. The van der Waals surface area contributed by atoms with Gasteiger partial charge in [0.1, 0.15) is 0 Å². The lowest BCUT2D eigenvalue weighted by atomic mass is 10.2. The van der Waals surface area contributed by atoms with E-state index in [4.69, 9.17) is 4.74 Å². The highest BCUT2D eigenvalue weighted by molar-refractivity contribution is 9.10. The van der Waals surface area contributed by atoms with Gasteiger partial charge in [-0.3, -0.25) is 4.79 Å². The number of benzene rings is 1. The minimum atomic E-state index is -0.133. The fourth-order valence-corrected chi connectivity index (χ4v) is 2.99. The average Bonchev–Trinajstić information content (AvgIpc) is 2.60. The highest BCUT2D eigenvalue weighted by atomic mass is 79.9. The smallest absolute Gasteiger partial charge is 0.252 e. The van der Waals surface area contributed by atoms with Gasteiger partial charge in [0.2, 0.25) is 5.95 Å². The van der Waals surface area contributed by atoms with Crippen LogP contribution in [0.15, 0.2) is 34.8 Å². The minimum absolute atomic E-state index is 0.133. The molecule has 1 saturated heterocycles. The molecule has 0 spiro atoms. The SMILES string of the molecule is Cc1cc(CNC(=O)c2ccccc2Br)nc(N2CCOCC2)n1. The standard InChI is InChI=1S/C17H19BrN4O2/c1-12-10-13(21-17(20-12)22-6-8-24-9-7-22)11-19-16(23)14-4-2-3-5-15(14)18/h2-5,10H,6-9,11H2,1H3,(H,19,23). The van der Waals surface area contributed by atoms with Crippen molar-refractivity contribution in [1.82, 2.24) is 15.3 Å². The van der Waals surface area contributed by atoms with E-state index < -0.39 is 0 Å². The maximum Gasteiger partial charge on any atom is 0.252 e. The van der Waals surface area contributed by atoms with E-state index in [0.29, 0.717) is 31.3 Å². The Morgan fingerprint density at radius 2 is 2.04 bits per heavy atom. The molecule has 0 aliphatic carbocycles. The van der Waals surface area contributed by atoms with E-state index >= 15 is 0 Å². The van der Waals surface area contributed by atoms with Crippen LogP contribution in [0.25, 0.3) is 0 Å². The van der Waals surface area contributed by atoms with Crippen LogP contribution in [0.2, 0.25) is 0 Å². The van der Waals surface area contributed by atoms with Gasteiger partial charge < -0.3 is 15.0 Å². The van der Waals surface area contributed by atoms with Crippen LogP contribution in [0.5, 0.6) is 0 Å². The van der Waals surface area contributed by atoms with Crippen molar-refractivity contribution in [2.24, 2.45) is 0 Å². The molecule has 6 nitrogen and oxygen atoms in total. The number of nitrogens with one attached hydrogen (secondary N) is 1. The molecule has 1 aromatic heterocycles. The van der Waals surface area contributed by atoms with E-state index in [1.54, 1.807) is 6.07 Å². The highest BCUT2D eigenvalue weighted by Gasteiger charge is 2.15. The summed E-state index contributed by atoms with van der Waals surface area (Å²) in [5.74, 6) is 0.565. The monoisotopic (exact) mass is 390 g/mol. The largest absolute Gasteiger partial charge is 0.378 e. The molecule has 0 unspecified atom stereocenters. The molecule has 126 valence electrons. The van der Waals surface area contributed by atoms with Gasteiger partial charge in [-0.15, -0.1) is 0 Å². The molecule has 1 aliphatic heterocycles. The van der Waals surface area contributed by atoms with Gasteiger partial charge >= 0.3 is 0 Å². The number of morpholine rings is 1. The van der Waals surface area contributed by atoms with Crippen LogP contribution in [-0.4, -0.2) is 42.2 Å². The number of ether oxygens (including phenoxy) is 1. The number of aromatic nitrogens is 2. The van der Waals surface area contributed by atoms with E-state index in [0.717, 1.165) is 29.0 Å². The molecule has 1 fully saturated rings. The summed E-state index contributed by atoms with van der Waals surface area (Å²) in [7, 11) is 0. The number of hydrogen-bond acceptors (Lipinski definition) is 5. The van der Waals surface area contributed by atoms with Crippen molar-refractivity contribution >= 4 is 27.8 Å². The number of hydrogen-bond donors (Lipinski definition) is 1. The second kappa shape index (κ2) is 7.72. The van der Waals surface area contributed by atoms with Crippen LogP contribution in [0, 0.1) is 6.92 Å². The molecule has 2 aromatic rings. The summed E-state index contributed by atoms with van der Waals surface area (Å²) < 4.78 is 6.14. The number of nitrogens with zero attached hydrogens (tertiary/aromatic N) is 3. The Hall–Kier alpha value is -1.99.